The molecular formula is C3F7NO2. The lowest BCUT2D eigenvalue weighted by Crippen LogP contribution is -2.44. The lowest BCUT2D eigenvalue weighted by Gasteiger charge is -2.20. The van der Waals surface area contributed by atoms with Gasteiger partial charge in [-0.25, -0.2) is 4.74 Å². The first-order chi connectivity index (χ1) is 5.52. The predicted molar refractivity (Wildman–Crippen MR) is 22.8 cm³/mol. The summed E-state index contributed by atoms with van der Waals surface area (Å²) in [5.74, 6) is 0. The van der Waals surface area contributed by atoms with Gasteiger partial charge in [0.15, 0.2) is 0 Å². The Morgan fingerprint density at radius 1 is 0.923 bits per heavy atom. The first-order valence-electron chi connectivity index (χ1n) is 2.39. The zero-order chi connectivity index (χ0) is 10.9. The summed E-state index contributed by atoms with van der Waals surface area (Å²) in [6.07, 6.45) is -12.0. The molecule has 0 rings (SSSR count). The Labute approximate surface area is 65.4 Å². The van der Waals surface area contributed by atoms with Gasteiger partial charge in [-0.15, -0.1) is 18.1 Å². The number of alkyl halides is 7. The molecule has 3 nitrogen and oxygen atoms in total. The number of nitrogens with zero attached hydrogens (tertiary/aromatic N) is 1. The van der Waals surface area contributed by atoms with Gasteiger partial charge in [0.1, 0.15) is 0 Å². The van der Waals surface area contributed by atoms with Crippen LogP contribution >= 0.6 is 0 Å². The van der Waals surface area contributed by atoms with Crippen LogP contribution in [-0.4, -0.2) is 18.5 Å². The maximum Gasteiger partial charge on any atom is 0.527 e. The van der Waals surface area contributed by atoms with E-state index in [9.17, 15) is 30.7 Å². The zero-order valence-electron chi connectivity index (χ0n) is 5.41. The van der Waals surface area contributed by atoms with Gasteiger partial charge >= 0.3 is 18.5 Å². The van der Waals surface area contributed by atoms with Gasteiger partial charge in [-0.2, -0.15) is 17.6 Å². The van der Waals surface area contributed by atoms with Crippen LogP contribution in [-0.2, 0) is 4.74 Å². The van der Waals surface area contributed by atoms with Crippen molar-refractivity contribution in [3.8, 4) is 0 Å². The maximum absolute atomic E-state index is 11.7. The second kappa shape index (κ2) is 3.09. The van der Waals surface area contributed by atoms with Gasteiger partial charge in [0.2, 0.25) is 0 Å². The molecule has 0 aromatic heterocycles. The molecule has 0 aliphatic rings. The third-order valence-electron chi connectivity index (χ3n) is 0.709. The van der Waals surface area contributed by atoms with Gasteiger partial charge < -0.3 is 0 Å². The SMILES string of the molecule is O=NC(F)(F)C(F)(F)OC(F)(F)F. The summed E-state index contributed by atoms with van der Waals surface area (Å²) < 4.78 is 81.5. The Kier molecular flexibility index (Phi) is 2.87. The summed E-state index contributed by atoms with van der Waals surface area (Å²) in [4.78, 5) is 9.03. The minimum Gasteiger partial charge on any atom is -0.219 e. The Bertz CT molecular complexity index is 198. The van der Waals surface area contributed by atoms with E-state index < -0.39 is 18.5 Å². The van der Waals surface area contributed by atoms with Crippen LogP contribution in [0.2, 0.25) is 0 Å². The van der Waals surface area contributed by atoms with Crippen molar-refractivity contribution in [1.29, 1.82) is 0 Å². The predicted octanol–water partition coefficient (Wildman–Crippen LogP) is 2.47. The average molecular weight is 215 g/mol. The van der Waals surface area contributed by atoms with E-state index in [1.165, 1.54) is 0 Å². The highest BCUT2D eigenvalue weighted by Crippen LogP contribution is 2.40. The molecule has 13 heavy (non-hydrogen) atoms. The summed E-state index contributed by atoms with van der Waals surface area (Å²) in [6.45, 7) is 0. The Hall–Kier alpha value is -0.930. The van der Waals surface area contributed by atoms with Gasteiger partial charge in [0.05, 0.1) is 0 Å². The van der Waals surface area contributed by atoms with Gasteiger partial charge in [-0.1, -0.05) is 0 Å². The van der Waals surface area contributed by atoms with Crippen molar-refractivity contribution in [2.75, 3.05) is 0 Å². The number of ether oxygens (including phenoxy) is 1. The molecule has 0 N–H and O–H groups in total. The Balaban J connectivity index is 4.67. The van der Waals surface area contributed by atoms with Crippen molar-refractivity contribution in [2.45, 2.75) is 18.5 Å². The fourth-order valence-corrected chi connectivity index (χ4v) is 0.260. The van der Waals surface area contributed by atoms with Crippen molar-refractivity contribution >= 4 is 0 Å². The maximum atomic E-state index is 11.7. The van der Waals surface area contributed by atoms with Crippen LogP contribution in [0.25, 0.3) is 0 Å². The zero-order valence-corrected chi connectivity index (χ0v) is 5.41. The number of halogens is 7. The lowest BCUT2D eigenvalue weighted by atomic mass is 10.5. The Morgan fingerprint density at radius 3 is 1.54 bits per heavy atom. The molecule has 0 aliphatic carbocycles. The summed E-state index contributed by atoms with van der Waals surface area (Å²) in [5, 5.41) is 0.518. The summed E-state index contributed by atoms with van der Waals surface area (Å²) in [7, 11) is 0. The lowest BCUT2D eigenvalue weighted by molar-refractivity contribution is -0.464. The third-order valence-corrected chi connectivity index (χ3v) is 0.709. The molecule has 10 heteroatoms. The topological polar surface area (TPSA) is 38.7 Å². The van der Waals surface area contributed by atoms with E-state index in [2.05, 4.69) is 0 Å². The van der Waals surface area contributed by atoms with E-state index in [-0.39, 0.29) is 0 Å². The van der Waals surface area contributed by atoms with Crippen molar-refractivity contribution in [3.05, 3.63) is 4.91 Å². The molecule has 0 spiro atoms. The summed E-state index contributed by atoms with van der Waals surface area (Å²) in [6, 6.07) is -5.76. The van der Waals surface area contributed by atoms with Gasteiger partial charge in [0, 0.05) is 5.18 Å². The molecule has 0 unspecified atom stereocenters. The standard InChI is InChI=1S/C3F7NO2/c4-1(5,11-12)2(6,7)13-3(8,9)10. The number of hydrogen-bond donors (Lipinski definition) is 0. The molecule has 0 saturated heterocycles. The number of hydrogen-bond acceptors (Lipinski definition) is 3. The summed E-state index contributed by atoms with van der Waals surface area (Å²) in [5.41, 5.74) is 0. The molecule has 0 saturated carbocycles. The molecule has 0 heterocycles. The first-order valence-corrected chi connectivity index (χ1v) is 2.39. The van der Waals surface area contributed by atoms with E-state index in [4.69, 9.17) is 4.91 Å². The molecule has 0 aromatic rings. The second-order valence-corrected chi connectivity index (χ2v) is 1.70. The smallest absolute Gasteiger partial charge is 0.219 e. The van der Waals surface area contributed by atoms with E-state index in [1.54, 1.807) is 4.74 Å². The fraction of sp³-hybridized carbons (Fsp3) is 1.00. The molecule has 0 radical (unpaired) electrons. The summed E-state index contributed by atoms with van der Waals surface area (Å²) >= 11 is 0. The third kappa shape index (κ3) is 3.13. The van der Waals surface area contributed by atoms with Crippen LogP contribution in [0.3, 0.4) is 0 Å². The fourth-order valence-electron chi connectivity index (χ4n) is 0.260. The average Bonchev–Trinajstić information content (AvgIpc) is 1.81. The van der Waals surface area contributed by atoms with Crippen LogP contribution < -0.4 is 0 Å². The highest BCUT2D eigenvalue weighted by Gasteiger charge is 2.65. The van der Waals surface area contributed by atoms with E-state index >= 15 is 0 Å². The molecule has 0 atom stereocenters. The van der Waals surface area contributed by atoms with Gasteiger partial charge in [0.25, 0.3) is 0 Å². The number of nitroso groups, excluding NO2 is 1. The number of rotatable bonds is 3. The molecule has 0 amide bonds. The molecule has 0 aliphatic heterocycles. The van der Waals surface area contributed by atoms with Crippen LogP contribution in [0.15, 0.2) is 5.18 Å². The van der Waals surface area contributed by atoms with Gasteiger partial charge in [-0.3, -0.25) is 0 Å². The molecule has 78 valence electrons. The largest absolute Gasteiger partial charge is 0.527 e. The van der Waals surface area contributed by atoms with Crippen LogP contribution in [0.4, 0.5) is 30.7 Å². The first kappa shape index (κ1) is 12.1. The highest BCUT2D eigenvalue weighted by atomic mass is 19.4. The minimum absolute atomic E-state index is 0.518. The van der Waals surface area contributed by atoms with Crippen LogP contribution in [0.5, 0.6) is 0 Å². The van der Waals surface area contributed by atoms with E-state index in [1.807, 2.05) is 0 Å². The second-order valence-electron chi connectivity index (χ2n) is 1.70. The molecule has 0 fully saturated rings. The van der Waals surface area contributed by atoms with Crippen LogP contribution in [0.1, 0.15) is 0 Å². The van der Waals surface area contributed by atoms with Crippen LogP contribution in [0, 0.1) is 4.91 Å². The van der Waals surface area contributed by atoms with Crippen molar-refractivity contribution < 1.29 is 35.5 Å². The van der Waals surface area contributed by atoms with Crippen molar-refractivity contribution in [1.82, 2.24) is 0 Å². The van der Waals surface area contributed by atoms with E-state index in [0.29, 0.717) is 5.18 Å². The molecular weight excluding hydrogens is 215 g/mol. The van der Waals surface area contributed by atoms with Crippen molar-refractivity contribution in [2.24, 2.45) is 5.18 Å². The van der Waals surface area contributed by atoms with Gasteiger partial charge in [-0.05, 0) is 0 Å². The quantitative estimate of drug-likeness (QED) is 0.412. The molecule has 0 bridgehead atoms. The monoisotopic (exact) mass is 215 g/mol. The highest BCUT2D eigenvalue weighted by molar-refractivity contribution is 4.73. The Morgan fingerprint density at radius 2 is 1.31 bits per heavy atom. The van der Waals surface area contributed by atoms with Crippen molar-refractivity contribution in [3.63, 3.8) is 0 Å². The van der Waals surface area contributed by atoms with E-state index in [0.717, 1.165) is 0 Å². The molecule has 0 aromatic carbocycles. The normalized spacial score (nSPS) is 14.4. The minimum atomic E-state index is -6.01.